The number of hydrogen-bond acceptors (Lipinski definition) is 2. The van der Waals surface area contributed by atoms with Gasteiger partial charge in [0, 0.05) is 0 Å². The van der Waals surface area contributed by atoms with Crippen LogP contribution < -0.4 is 0 Å². The van der Waals surface area contributed by atoms with Crippen LogP contribution in [0.2, 0.25) is 0 Å². The van der Waals surface area contributed by atoms with E-state index in [4.69, 9.17) is 5.11 Å². The summed E-state index contributed by atoms with van der Waals surface area (Å²) in [6, 6.07) is 0. The van der Waals surface area contributed by atoms with Crippen LogP contribution in [0.5, 0.6) is 0 Å². The fourth-order valence-corrected chi connectivity index (χ4v) is 0.918. The monoisotopic (exact) mass is 194 g/mol. The smallest absolute Gasteiger partial charge is 0.115 e. The second-order valence-corrected chi connectivity index (χ2v) is 2.85. The first kappa shape index (κ1) is 13.0. The Hall–Kier alpha value is -1.04. The molecule has 0 aliphatic carbocycles. The lowest BCUT2D eigenvalue weighted by molar-refractivity contribution is 0.223. The zero-order chi connectivity index (χ0) is 10.6. The van der Waals surface area contributed by atoms with Crippen molar-refractivity contribution >= 4 is 0 Å². The Kier molecular flexibility index (Phi) is 9.30. The second kappa shape index (κ2) is 10.0. The van der Waals surface area contributed by atoms with Gasteiger partial charge in [0.15, 0.2) is 0 Å². The third kappa shape index (κ3) is 9.05. The molecule has 2 heteroatoms. The molecule has 0 aliphatic heterocycles. The number of aliphatic hydroxyl groups excluding tert-OH is 2. The number of rotatable bonds is 5. The molecule has 0 radical (unpaired) electrons. The van der Waals surface area contributed by atoms with Crippen molar-refractivity contribution in [2.24, 2.45) is 0 Å². The summed E-state index contributed by atoms with van der Waals surface area (Å²) in [6.07, 6.45) is 9.93. The fourth-order valence-electron chi connectivity index (χ4n) is 0.918. The van der Waals surface area contributed by atoms with Crippen molar-refractivity contribution in [3.63, 3.8) is 0 Å². The van der Waals surface area contributed by atoms with Crippen molar-refractivity contribution in [2.45, 2.75) is 32.3 Å². The van der Waals surface area contributed by atoms with Crippen molar-refractivity contribution in [2.75, 3.05) is 6.61 Å². The van der Waals surface area contributed by atoms with E-state index in [1.165, 1.54) is 0 Å². The van der Waals surface area contributed by atoms with Crippen LogP contribution in [0.25, 0.3) is 0 Å². The fraction of sp³-hybridized carbons (Fsp3) is 0.500. The summed E-state index contributed by atoms with van der Waals surface area (Å²) >= 11 is 0. The van der Waals surface area contributed by atoms with Crippen molar-refractivity contribution in [3.8, 4) is 11.8 Å². The van der Waals surface area contributed by atoms with Crippen LogP contribution >= 0.6 is 0 Å². The Morgan fingerprint density at radius 1 is 1.29 bits per heavy atom. The van der Waals surface area contributed by atoms with Crippen LogP contribution in [0.4, 0.5) is 0 Å². The minimum absolute atomic E-state index is 0.186. The average molecular weight is 194 g/mol. The minimum atomic E-state index is -0.617. The lowest BCUT2D eigenvalue weighted by Gasteiger charge is -1.98. The Labute approximate surface area is 86.0 Å². The molecule has 0 aromatic rings. The van der Waals surface area contributed by atoms with Gasteiger partial charge in [-0.05, 0) is 26.2 Å². The highest BCUT2D eigenvalue weighted by Gasteiger charge is 1.94. The van der Waals surface area contributed by atoms with Crippen LogP contribution in [0.1, 0.15) is 26.2 Å². The van der Waals surface area contributed by atoms with E-state index in [0.29, 0.717) is 6.42 Å². The predicted octanol–water partition coefficient (Wildman–Crippen LogP) is 1.65. The first-order chi connectivity index (χ1) is 6.81. The molecular formula is C12H18O2. The van der Waals surface area contributed by atoms with Gasteiger partial charge in [-0.3, -0.25) is 0 Å². The Morgan fingerprint density at radius 2 is 2.07 bits per heavy atom. The summed E-state index contributed by atoms with van der Waals surface area (Å²) in [5.74, 6) is 4.97. The molecular weight excluding hydrogens is 176 g/mol. The molecule has 78 valence electrons. The van der Waals surface area contributed by atoms with Crippen molar-refractivity contribution in [3.05, 3.63) is 24.3 Å². The third-order valence-electron chi connectivity index (χ3n) is 1.63. The summed E-state index contributed by atoms with van der Waals surface area (Å²) in [5.41, 5.74) is 0. The molecule has 1 atom stereocenters. The molecule has 0 saturated carbocycles. The van der Waals surface area contributed by atoms with Crippen molar-refractivity contribution in [1.29, 1.82) is 0 Å². The quantitative estimate of drug-likeness (QED) is 0.516. The summed E-state index contributed by atoms with van der Waals surface area (Å²) in [6.45, 7) is 1.80. The standard InChI is InChI=1S/C12H18O2/c1-2-3-4-5-6-7-9-12(14)10-8-11-13/h2-3,5-6,12-14H,4,7,9,11H2,1H3/b3-2+,6-5+. The molecule has 0 saturated heterocycles. The van der Waals surface area contributed by atoms with Gasteiger partial charge in [0.05, 0.1) is 0 Å². The van der Waals surface area contributed by atoms with Crippen LogP contribution in [0.15, 0.2) is 24.3 Å². The molecule has 0 spiro atoms. The molecule has 0 amide bonds. The van der Waals surface area contributed by atoms with Gasteiger partial charge in [0.1, 0.15) is 12.7 Å². The Balaban J connectivity index is 3.48. The maximum absolute atomic E-state index is 9.25. The molecule has 2 nitrogen and oxygen atoms in total. The number of aliphatic hydroxyl groups is 2. The Bertz CT molecular complexity index is 230. The van der Waals surface area contributed by atoms with Gasteiger partial charge in [-0.1, -0.05) is 36.1 Å². The maximum atomic E-state index is 9.25. The third-order valence-corrected chi connectivity index (χ3v) is 1.63. The summed E-state index contributed by atoms with van der Waals surface area (Å²) in [4.78, 5) is 0. The molecule has 14 heavy (non-hydrogen) atoms. The zero-order valence-corrected chi connectivity index (χ0v) is 8.61. The van der Waals surface area contributed by atoms with Gasteiger partial charge < -0.3 is 10.2 Å². The molecule has 1 unspecified atom stereocenters. The van der Waals surface area contributed by atoms with E-state index in [0.717, 1.165) is 12.8 Å². The molecule has 0 aromatic heterocycles. The lowest BCUT2D eigenvalue weighted by atomic mass is 10.2. The van der Waals surface area contributed by atoms with E-state index in [9.17, 15) is 5.11 Å². The molecule has 0 heterocycles. The first-order valence-corrected chi connectivity index (χ1v) is 4.84. The molecule has 0 aromatic carbocycles. The van der Waals surface area contributed by atoms with E-state index < -0.39 is 6.10 Å². The Morgan fingerprint density at radius 3 is 2.71 bits per heavy atom. The van der Waals surface area contributed by atoms with Crippen LogP contribution in [0, 0.1) is 11.8 Å². The van der Waals surface area contributed by atoms with Gasteiger partial charge in [-0.15, -0.1) is 0 Å². The van der Waals surface area contributed by atoms with Crippen LogP contribution in [0.3, 0.4) is 0 Å². The second-order valence-electron chi connectivity index (χ2n) is 2.85. The highest BCUT2D eigenvalue weighted by Crippen LogP contribution is 1.98. The summed E-state index contributed by atoms with van der Waals surface area (Å²) in [7, 11) is 0. The van der Waals surface area contributed by atoms with E-state index in [2.05, 4.69) is 24.0 Å². The SMILES string of the molecule is C/C=C/C/C=C/CCC(O)C#CCO. The lowest BCUT2D eigenvalue weighted by Crippen LogP contribution is -2.01. The molecule has 0 aliphatic rings. The van der Waals surface area contributed by atoms with Gasteiger partial charge in [-0.2, -0.15) is 0 Å². The van der Waals surface area contributed by atoms with E-state index in [1.807, 2.05) is 19.1 Å². The summed E-state index contributed by atoms with van der Waals surface area (Å²) < 4.78 is 0. The van der Waals surface area contributed by atoms with Crippen molar-refractivity contribution in [1.82, 2.24) is 0 Å². The van der Waals surface area contributed by atoms with Crippen LogP contribution in [-0.4, -0.2) is 22.9 Å². The molecule has 0 fully saturated rings. The predicted molar refractivity (Wildman–Crippen MR) is 58.7 cm³/mol. The van der Waals surface area contributed by atoms with Gasteiger partial charge in [0.25, 0.3) is 0 Å². The van der Waals surface area contributed by atoms with Gasteiger partial charge in [-0.25, -0.2) is 0 Å². The number of hydrogen-bond donors (Lipinski definition) is 2. The topological polar surface area (TPSA) is 40.5 Å². The van der Waals surface area contributed by atoms with E-state index >= 15 is 0 Å². The van der Waals surface area contributed by atoms with Gasteiger partial charge in [0.2, 0.25) is 0 Å². The number of allylic oxidation sites excluding steroid dienone is 4. The average Bonchev–Trinajstić information content (AvgIpc) is 2.20. The largest absolute Gasteiger partial charge is 0.384 e. The maximum Gasteiger partial charge on any atom is 0.115 e. The van der Waals surface area contributed by atoms with E-state index in [1.54, 1.807) is 0 Å². The molecule has 0 bridgehead atoms. The normalized spacial score (nSPS) is 13.1. The highest BCUT2D eigenvalue weighted by molar-refractivity contribution is 5.04. The highest BCUT2D eigenvalue weighted by atomic mass is 16.3. The summed E-state index contributed by atoms with van der Waals surface area (Å²) in [5, 5.41) is 17.6. The van der Waals surface area contributed by atoms with Crippen molar-refractivity contribution < 1.29 is 10.2 Å². The minimum Gasteiger partial charge on any atom is -0.384 e. The molecule has 0 rings (SSSR count). The first-order valence-electron chi connectivity index (χ1n) is 4.84. The molecule has 2 N–H and O–H groups in total. The van der Waals surface area contributed by atoms with Crippen LogP contribution in [-0.2, 0) is 0 Å². The zero-order valence-electron chi connectivity index (χ0n) is 8.61. The van der Waals surface area contributed by atoms with E-state index in [-0.39, 0.29) is 6.61 Å². The van der Waals surface area contributed by atoms with Gasteiger partial charge >= 0.3 is 0 Å².